The molecule has 2 aromatic rings. The molecule has 0 bridgehead atoms. The number of hydrogen-bond acceptors (Lipinski definition) is 9. The highest BCUT2D eigenvalue weighted by molar-refractivity contribution is 5.72. The lowest BCUT2D eigenvalue weighted by molar-refractivity contribution is -0.152. The summed E-state index contributed by atoms with van der Waals surface area (Å²) in [6.07, 6.45) is 17.0. The number of aliphatic hydroxyl groups excluding tert-OH is 3. The van der Waals surface area contributed by atoms with E-state index in [1.54, 1.807) is 6.92 Å². The van der Waals surface area contributed by atoms with Crippen LogP contribution in [0.3, 0.4) is 0 Å². The minimum atomic E-state index is -0.114. The standard InChI is InChI=1S/C18H26N4O3.C7H14O.C6H14O.C2H6O.C2H2/c1-4-12(5-2)18(23)24-10-13-6-9-16(25-13)14-7-8-15-17(19-3)20-11-21-22(14)15;1-4-7(5-2)6(3)8;1-3-6(4-2)5-7;1-2-3;1-2/h7-8,11-13,16H,4-6,9-10H2,1-3H3,(H,19,20,21);7-8H,3-5H2,1-2H3;6-7H,3-5H2,1-2H3;3H,2H2,1H3;1-2H. The van der Waals surface area contributed by atoms with Gasteiger partial charge in [0.1, 0.15) is 24.6 Å². The quantitative estimate of drug-likeness (QED) is 0.103. The van der Waals surface area contributed by atoms with Gasteiger partial charge >= 0.3 is 5.97 Å². The normalized spacial score (nSPS) is 15.1. The van der Waals surface area contributed by atoms with E-state index in [1.807, 2.05) is 37.5 Å². The Morgan fingerprint density at radius 1 is 1.02 bits per heavy atom. The lowest BCUT2D eigenvalue weighted by Crippen LogP contribution is -2.23. The van der Waals surface area contributed by atoms with Crippen molar-refractivity contribution in [2.45, 2.75) is 112 Å². The van der Waals surface area contributed by atoms with Gasteiger partial charge in [0.15, 0.2) is 5.82 Å². The maximum absolute atomic E-state index is 12.0. The monoisotopic (exact) mass is 634 g/mol. The van der Waals surface area contributed by atoms with Gasteiger partial charge in [0.25, 0.3) is 0 Å². The smallest absolute Gasteiger partial charge is 0.308 e. The summed E-state index contributed by atoms with van der Waals surface area (Å²) in [7, 11) is 1.84. The van der Waals surface area contributed by atoms with E-state index in [0.717, 1.165) is 68.4 Å². The summed E-state index contributed by atoms with van der Waals surface area (Å²) in [6.45, 7) is 18.4. The molecule has 3 rings (SSSR count). The molecule has 2 aromatic heterocycles. The number of rotatable bonds is 13. The van der Waals surface area contributed by atoms with E-state index in [9.17, 15) is 4.79 Å². The number of nitrogens with one attached hydrogen (secondary N) is 1. The molecule has 0 aliphatic carbocycles. The van der Waals surface area contributed by atoms with Crippen molar-refractivity contribution in [1.29, 1.82) is 0 Å². The third-order valence-electron chi connectivity index (χ3n) is 7.76. The van der Waals surface area contributed by atoms with Crippen LogP contribution < -0.4 is 5.32 Å². The van der Waals surface area contributed by atoms with Gasteiger partial charge in [-0.25, -0.2) is 9.50 Å². The highest BCUT2D eigenvalue weighted by Crippen LogP contribution is 2.34. The molecule has 1 saturated heterocycles. The molecular formula is C35H62N4O6. The van der Waals surface area contributed by atoms with Gasteiger partial charge in [-0.05, 0) is 63.5 Å². The molecule has 0 aromatic carbocycles. The first kappa shape index (κ1) is 44.0. The Hall–Kier alpha value is -3.13. The molecule has 3 heterocycles. The summed E-state index contributed by atoms with van der Waals surface area (Å²) in [5.41, 5.74) is 1.93. The van der Waals surface area contributed by atoms with Crippen molar-refractivity contribution in [3.8, 4) is 12.8 Å². The molecule has 1 aliphatic rings. The minimum Gasteiger partial charge on any atom is -0.513 e. The number of allylic oxidation sites excluding steroid dienone is 1. The summed E-state index contributed by atoms with van der Waals surface area (Å²) in [4.78, 5) is 16.2. The number of aromatic nitrogens is 3. The summed E-state index contributed by atoms with van der Waals surface area (Å²) < 4.78 is 13.4. The summed E-state index contributed by atoms with van der Waals surface area (Å²) in [5.74, 6) is 1.85. The van der Waals surface area contributed by atoms with Crippen molar-refractivity contribution in [2.75, 3.05) is 32.2 Å². The highest BCUT2D eigenvalue weighted by Gasteiger charge is 2.30. The number of ether oxygens (including phenoxy) is 2. The average Bonchev–Trinajstić information content (AvgIpc) is 3.71. The van der Waals surface area contributed by atoms with Crippen molar-refractivity contribution in [3.63, 3.8) is 0 Å². The van der Waals surface area contributed by atoms with E-state index in [0.29, 0.717) is 30.8 Å². The number of carbonyl (C=O) groups is 1. The van der Waals surface area contributed by atoms with Crippen LogP contribution in [0.25, 0.3) is 5.52 Å². The van der Waals surface area contributed by atoms with Crippen LogP contribution in [-0.4, -0.2) is 68.9 Å². The largest absolute Gasteiger partial charge is 0.513 e. The van der Waals surface area contributed by atoms with E-state index in [2.05, 4.69) is 62.5 Å². The van der Waals surface area contributed by atoms with Crippen LogP contribution in [0.5, 0.6) is 0 Å². The summed E-state index contributed by atoms with van der Waals surface area (Å²) >= 11 is 0. The first-order valence-corrected chi connectivity index (χ1v) is 16.4. The van der Waals surface area contributed by atoms with Gasteiger partial charge in [-0.1, -0.05) is 61.0 Å². The number of carbonyl (C=O) groups excluding carboxylic acids is 1. The molecule has 10 nitrogen and oxygen atoms in total. The molecule has 2 atom stereocenters. The zero-order valence-electron chi connectivity index (χ0n) is 29.2. The van der Waals surface area contributed by atoms with Crippen molar-refractivity contribution in [3.05, 3.63) is 36.5 Å². The zero-order chi connectivity index (χ0) is 34.8. The average molecular weight is 635 g/mol. The second-order valence-electron chi connectivity index (χ2n) is 10.6. The van der Waals surface area contributed by atoms with Gasteiger partial charge in [0.05, 0.1) is 23.5 Å². The lowest BCUT2D eigenvalue weighted by Gasteiger charge is -2.16. The van der Waals surface area contributed by atoms with Gasteiger partial charge in [-0.2, -0.15) is 5.10 Å². The number of terminal acetylenes is 1. The number of anilines is 1. The van der Waals surface area contributed by atoms with Crippen molar-refractivity contribution >= 4 is 17.3 Å². The Kier molecular flexibility index (Phi) is 26.6. The van der Waals surface area contributed by atoms with Gasteiger partial charge in [0, 0.05) is 26.2 Å². The van der Waals surface area contributed by atoms with Gasteiger partial charge in [-0.3, -0.25) is 4.79 Å². The third-order valence-corrected chi connectivity index (χ3v) is 7.76. The summed E-state index contributed by atoms with van der Waals surface area (Å²) in [6, 6.07) is 4.01. The molecule has 10 heteroatoms. The van der Waals surface area contributed by atoms with Crippen LogP contribution in [-0.2, 0) is 14.3 Å². The van der Waals surface area contributed by atoms with Crippen molar-refractivity contribution in [1.82, 2.24) is 14.6 Å². The Labute approximate surface area is 272 Å². The van der Waals surface area contributed by atoms with E-state index in [4.69, 9.17) is 24.8 Å². The number of nitrogens with zero attached hydrogens (tertiary/aromatic N) is 3. The molecule has 0 saturated carbocycles. The number of hydrogen-bond donors (Lipinski definition) is 4. The van der Waals surface area contributed by atoms with E-state index in [-0.39, 0.29) is 30.7 Å². The Morgan fingerprint density at radius 2 is 1.58 bits per heavy atom. The molecule has 258 valence electrons. The third kappa shape index (κ3) is 16.1. The molecule has 1 aliphatic heterocycles. The van der Waals surface area contributed by atoms with Crippen LogP contribution in [0.4, 0.5) is 5.82 Å². The zero-order valence-corrected chi connectivity index (χ0v) is 29.2. The van der Waals surface area contributed by atoms with Crippen LogP contribution in [0.1, 0.15) is 112 Å². The van der Waals surface area contributed by atoms with Crippen molar-refractivity contribution in [2.24, 2.45) is 17.8 Å². The Morgan fingerprint density at radius 3 is 1.98 bits per heavy atom. The number of fused-ring (bicyclic) bond motifs is 1. The van der Waals surface area contributed by atoms with Crippen LogP contribution in [0, 0.1) is 30.6 Å². The maximum atomic E-state index is 12.0. The fourth-order valence-corrected chi connectivity index (χ4v) is 4.66. The Bertz CT molecular complexity index is 1040. The number of esters is 1. The fraction of sp³-hybridized carbons (Fsp3) is 0.686. The predicted molar refractivity (Wildman–Crippen MR) is 184 cm³/mol. The molecule has 1 fully saturated rings. The molecule has 4 N–H and O–H groups in total. The van der Waals surface area contributed by atoms with E-state index >= 15 is 0 Å². The second-order valence-corrected chi connectivity index (χ2v) is 10.6. The molecule has 0 radical (unpaired) electrons. The maximum Gasteiger partial charge on any atom is 0.308 e. The highest BCUT2D eigenvalue weighted by atomic mass is 16.6. The van der Waals surface area contributed by atoms with Gasteiger partial charge < -0.3 is 30.1 Å². The minimum absolute atomic E-state index is 0.0107. The van der Waals surface area contributed by atoms with Crippen LogP contribution in [0.15, 0.2) is 30.8 Å². The van der Waals surface area contributed by atoms with Gasteiger partial charge in [-0.15, -0.1) is 12.8 Å². The summed E-state index contributed by atoms with van der Waals surface area (Å²) in [5, 5.41) is 32.3. The van der Waals surface area contributed by atoms with Crippen LogP contribution >= 0.6 is 0 Å². The van der Waals surface area contributed by atoms with E-state index < -0.39 is 0 Å². The van der Waals surface area contributed by atoms with E-state index in [1.165, 1.54) is 6.33 Å². The molecule has 2 unspecified atom stereocenters. The first-order valence-electron chi connectivity index (χ1n) is 16.4. The molecular weight excluding hydrogens is 572 g/mol. The predicted octanol–water partition coefficient (Wildman–Crippen LogP) is 7.13. The topological polar surface area (TPSA) is 138 Å². The first-order chi connectivity index (χ1) is 21.7. The van der Waals surface area contributed by atoms with Gasteiger partial charge in [0.2, 0.25) is 0 Å². The molecule has 45 heavy (non-hydrogen) atoms. The fourth-order valence-electron chi connectivity index (χ4n) is 4.66. The van der Waals surface area contributed by atoms with Crippen LogP contribution in [0.2, 0.25) is 0 Å². The Balaban J connectivity index is 0. The molecule has 0 spiro atoms. The van der Waals surface area contributed by atoms with Crippen molar-refractivity contribution < 1.29 is 29.6 Å². The number of aliphatic hydroxyl groups is 3. The lowest BCUT2D eigenvalue weighted by atomic mass is 10.0. The molecule has 0 amide bonds. The SMILES string of the molecule is C#C.C=C(O)C(CC)CC.CCC(CC)C(=O)OCC1CCC(c2ccc3c(NC)ncnn23)O1.CCC(CC)CO.CCO. The second kappa shape index (κ2) is 27.2.